The van der Waals surface area contributed by atoms with Gasteiger partial charge in [-0.05, 0) is 20.3 Å². The van der Waals surface area contributed by atoms with Gasteiger partial charge < -0.3 is 10.6 Å². The molecule has 0 amide bonds. The average Bonchev–Trinajstić information content (AvgIpc) is 2.30. The summed E-state index contributed by atoms with van der Waals surface area (Å²) in [5.74, 6) is 1.04. The van der Waals surface area contributed by atoms with Crippen LogP contribution in [0.25, 0.3) is 0 Å². The molecule has 5 nitrogen and oxygen atoms in total. The van der Waals surface area contributed by atoms with Gasteiger partial charge in [0.15, 0.2) is 0 Å². The first-order valence-corrected chi connectivity index (χ1v) is 5.29. The molecule has 0 aliphatic rings. The molecule has 0 aliphatic carbocycles. The van der Waals surface area contributed by atoms with Gasteiger partial charge in [-0.2, -0.15) is 4.98 Å². The van der Waals surface area contributed by atoms with E-state index in [1.165, 1.54) is 5.57 Å². The van der Waals surface area contributed by atoms with E-state index in [0.29, 0.717) is 17.3 Å². The summed E-state index contributed by atoms with van der Waals surface area (Å²) in [6.07, 6.45) is 2.84. The fraction of sp³-hybridized carbons (Fsp3) is 0.455. The molecule has 0 spiro atoms. The fourth-order valence-electron chi connectivity index (χ4n) is 1.08. The van der Waals surface area contributed by atoms with Gasteiger partial charge in [-0.3, -0.25) is 9.78 Å². The van der Waals surface area contributed by atoms with Gasteiger partial charge in [-0.1, -0.05) is 12.5 Å². The Bertz CT molecular complexity index is 448. The Hall–Kier alpha value is -1.78. The number of nitrogens with one attached hydrogen (secondary N) is 3. The molecule has 88 valence electrons. The van der Waals surface area contributed by atoms with E-state index in [-0.39, 0.29) is 5.56 Å². The van der Waals surface area contributed by atoms with Gasteiger partial charge in [0, 0.05) is 13.2 Å². The van der Waals surface area contributed by atoms with Crippen molar-refractivity contribution in [2.75, 3.05) is 17.7 Å². The Labute approximate surface area is 95.0 Å². The molecule has 3 N–H and O–H groups in total. The summed E-state index contributed by atoms with van der Waals surface area (Å²) in [4.78, 5) is 18.4. The number of rotatable bonds is 4. The molecule has 1 aromatic heterocycles. The molecule has 1 rings (SSSR count). The molecule has 0 radical (unpaired) electrons. The molecule has 0 bridgehead atoms. The molecule has 0 saturated carbocycles. The van der Waals surface area contributed by atoms with E-state index in [1.54, 1.807) is 14.0 Å². The van der Waals surface area contributed by atoms with Crippen LogP contribution in [0.4, 0.5) is 11.8 Å². The summed E-state index contributed by atoms with van der Waals surface area (Å²) >= 11 is 0. The highest BCUT2D eigenvalue weighted by molar-refractivity contribution is 5.48. The first-order chi connectivity index (χ1) is 7.58. The molecule has 0 unspecified atom stereocenters. The molecule has 0 fully saturated rings. The van der Waals surface area contributed by atoms with Crippen LogP contribution in [0.5, 0.6) is 0 Å². The van der Waals surface area contributed by atoms with Crippen LogP contribution in [-0.4, -0.2) is 17.0 Å². The summed E-state index contributed by atoms with van der Waals surface area (Å²) in [7, 11) is 1.71. The molecule has 5 heteroatoms. The van der Waals surface area contributed by atoms with Crippen molar-refractivity contribution in [2.24, 2.45) is 0 Å². The zero-order chi connectivity index (χ0) is 12.1. The minimum absolute atomic E-state index is 0.135. The Morgan fingerprint density at radius 3 is 2.81 bits per heavy atom. The van der Waals surface area contributed by atoms with Crippen LogP contribution in [0.15, 0.2) is 16.6 Å². The maximum Gasteiger partial charge on any atom is 0.257 e. The lowest BCUT2D eigenvalue weighted by molar-refractivity contribution is 1.06. The second kappa shape index (κ2) is 5.34. The Morgan fingerprint density at radius 2 is 2.25 bits per heavy atom. The van der Waals surface area contributed by atoms with E-state index < -0.39 is 0 Å². The van der Waals surface area contributed by atoms with Crippen LogP contribution in [0, 0.1) is 6.92 Å². The van der Waals surface area contributed by atoms with Crippen molar-refractivity contribution in [3.63, 3.8) is 0 Å². The fourth-order valence-corrected chi connectivity index (χ4v) is 1.08. The normalized spacial score (nSPS) is 11.4. The predicted octanol–water partition coefficient (Wildman–Crippen LogP) is 1.85. The van der Waals surface area contributed by atoms with Crippen molar-refractivity contribution in [1.29, 1.82) is 0 Å². The number of H-pyrrole nitrogens is 1. The monoisotopic (exact) mass is 222 g/mol. The largest absolute Gasteiger partial charge is 0.359 e. The first-order valence-electron chi connectivity index (χ1n) is 5.29. The lowest BCUT2D eigenvalue weighted by Gasteiger charge is -2.07. The SMILES string of the molecule is CC/C(C)=C\Nc1nc(NC)[nH]c(=O)c1C. The van der Waals surface area contributed by atoms with E-state index in [4.69, 9.17) is 0 Å². The molecule has 0 atom stereocenters. The quantitative estimate of drug-likeness (QED) is 0.727. The number of allylic oxidation sites excluding steroid dienone is 1. The third-order valence-electron chi connectivity index (χ3n) is 2.40. The number of aromatic nitrogens is 2. The predicted molar refractivity (Wildman–Crippen MR) is 66.8 cm³/mol. The van der Waals surface area contributed by atoms with E-state index >= 15 is 0 Å². The molecule has 0 aromatic carbocycles. The van der Waals surface area contributed by atoms with Gasteiger partial charge in [0.05, 0.1) is 5.56 Å². The van der Waals surface area contributed by atoms with Crippen molar-refractivity contribution in [1.82, 2.24) is 9.97 Å². The van der Waals surface area contributed by atoms with Gasteiger partial charge in [0.25, 0.3) is 5.56 Å². The minimum Gasteiger partial charge on any atom is -0.359 e. The van der Waals surface area contributed by atoms with Crippen LogP contribution in [-0.2, 0) is 0 Å². The van der Waals surface area contributed by atoms with Crippen molar-refractivity contribution in [3.8, 4) is 0 Å². The van der Waals surface area contributed by atoms with Gasteiger partial charge in [-0.15, -0.1) is 0 Å². The van der Waals surface area contributed by atoms with Crippen molar-refractivity contribution in [3.05, 3.63) is 27.7 Å². The summed E-state index contributed by atoms with van der Waals surface area (Å²) < 4.78 is 0. The zero-order valence-corrected chi connectivity index (χ0v) is 10.1. The summed E-state index contributed by atoms with van der Waals surface area (Å²) in [5, 5.41) is 5.86. The van der Waals surface area contributed by atoms with Gasteiger partial charge >= 0.3 is 0 Å². The van der Waals surface area contributed by atoms with Crippen molar-refractivity contribution >= 4 is 11.8 Å². The van der Waals surface area contributed by atoms with Crippen LogP contribution >= 0.6 is 0 Å². The molecule has 1 aromatic rings. The third kappa shape index (κ3) is 2.85. The highest BCUT2D eigenvalue weighted by Crippen LogP contribution is 2.09. The van der Waals surface area contributed by atoms with Gasteiger partial charge in [0.1, 0.15) is 5.82 Å². The Balaban J connectivity index is 3.04. The standard InChI is InChI=1S/C11H18N4O/c1-5-7(2)6-13-9-8(3)10(16)15-11(12-4)14-9/h6H,5H2,1-4H3,(H3,12,13,14,15,16)/b7-6-. The Kier molecular flexibility index (Phi) is 4.10. The maximum atomic E-state index is 11.5. The van der Waals surface area contributed by atoms with E-state index in [2.05, 4.69) is 27.5 Å². The van der Waals surface area contributed by atoms with Gasteiger partial charge in [0.2, 0.25) is 5.95 Å². The molecule has 0 aliphatic heterocycles. The van der Waals surface area contributed by atoms with Crippen LogP contribution in [0.1, 0.15) is 25.8 Å². The lowest BCUT2D eigenvalue weighted by Crippen LogP contribution is -2.16. The number of hydrogen-bond donors (Lipinski definition) is 3. The average molecular weight is 222 g/mol. The second-order valence-electron chi connectivity index (χ2n) is 3.63. The van der Waals surface area contributed by atoms with Crippen LogP contribution in [0.2, 0.25) is 0 Å². The number of anilines is 2. The van der Waals surface area contributed by atoms with Crippen molar-refractivity contribution in [2.45, 2.75) is 27.2 Å². The first kappa shape index (κ1) is 12.3. The molecule has 1 heterocycles. The third-order valence-corrected chi connectivity index (χ3v) is 2.40. The van der Waals surface area contributed by atoms with E-state index in [1.807, 2.05) is 13.1 Å². The van der Waals surface area contributed by atoms with Crippen molar-refractivity contribution < 1.29 is 0 Å². The van der Waals surface area contributed by atoms with Crippen LogP contribution in [0.3, 0.4) is 0 Å². The Morgan fingerprint density at radius 1 is 1.56 bits per heavy atom. The minimum atomic E-state index is -0.135. The van der Waals surface area contributed by atoms with E-state index in [9.17, 15) is 4.79 Å². The molecule has 16 heavy (non-hydrogen) atoms. The summed E-state index contributed by atoms with van der Waals surface area (Å²) in [6, 6.07) is 0. The highest BCUT2D eigenvalue weighted by Gasteiger charge is 2.04. The number of aromatic amines is 1. The number of hydrogen-bond acceptors (Lipinski definition) is 4. The summed E-state index contributed by atoms with van der Waals surface area (Å²) in [5.41, 5.74) is 1.65. The summed E-state index contributed by atoms with van der Waals surface area (Å²) in [6.45, 7) is 5.84. The van der Waals surface area contributed by atoms with Crippen LogP contribution < -0.4 is 16.2 Å². The molecular weight excluding hydrogens is 204 g/mol. The second-order valence-corrected chi connectivity index (χ2v) is 3.63. The maximum absolute atomic E-state index is 11.5. The van der Waals surface area contributed by atoms with E-state index in [0.717, 1.165) is 6.42 Å². The molecule has 0 saturated heterocycles. The highest BCUT2D eigenvalue weighted by atomic mass is 16.1. The zero-order valence-electron chi connectivity index (χ0n) is 10.1. The molecular formula is C11H18N4O. The van der Waals surface area contributed by atoms with Gasteiger partial charge in [-0.25, -0.2) is 0 Å². The number of nitrogens with zero attached hydrogens (tertiary/aromatic N) is 1. The lowest BCUT2D eigenvalue weighted by atomic mass is 10.2. The topological polar surface area (TPSA) is 69.8 Å². The smallest absolute Gasteiger partial charge is 0.257 e.